The van der Waals surface area contributed by atoms with Gasteiger partial charge in [-0.2, -0.15) is 15.8 Å². The fourth-order valence-corrected chi connectivity index (χ4v) is 12.0. The number of H-pyrrole nitrogens is 3. The number of rotatable bonds is 3. The molecule has 1 aliphatic heterocycles. The van der Waals surface area contributed by atoms with Crippen LogP contribution >= 0.6 is 0 Å². The summed E-state index contributed by atoms with van der Waals surface area (Å²) in [6, 6.07) is 31.9. The Kier molecular flexibility index (Phi) is 8.98. The summed E-state index contributed by atoms with van der Waals surface area (Å²) in [5, 5.41) is 33.1. The van der Waals surface area contributed by atoms with Gasteiger partial charge in [0.2, 0.25) is 0 Å². The molecule has 6 aromatic rings. The Morgan fingerprint density at radius 3 is 1.25 bits per heavy atom. The molecule has 0 spiro atoms. The number of aromatic amines is 3. The second-order valence-electron chi connectivity index (χ2n) is 18.3. The summed E-state index contributed by atoms with van der Waals surface area (Å²) in [6.07, 6.45) is 16.5. The quantitative estimate of drug-likeness (QED) is 0.164. The van der Waals surface area contributed by atoms with E-state index in [9.17, 15) is 15.8 Å². The van der Waals surface area contributed by atoms with Gasteiger partial charge in [-0.05, 0) is 200 Å². The summed E-state index contributed by atoms with van der Waals surface area (Å²) in [5.74, 6) is 0. The Labute approximate surface area is 367 Å². The van der Waals surface area contributed by atoms with Gasteiger partial charge in [-0.3, -0.25) is 0 Å². The van der Waals surface area contributed by atoms with Gasteiger partial charge in [-0.15, -0.1) is 0 Å². The van der Waals surface area contributed by atoms with Crippen molar-refractivity contribution in [3.63, 3.8) is 0 Å². The molecule has 0 saturated heterocycles. The SMILES string of the molecule is N#Cc1cccc(C2=C3N=C(C4=C3CCCC4)c3[nH]c(c4c3CCCC4)C(c3cccc(C#N)c3)=c3[nH]c(c4c3CCCC4)=C(c3cccc(C#N)c3)c3[nH]c2c2c3CCCC2)c1. The molecule has 0 fully saturated rings. The van der Waals surface area contributed by atoms with E-state index in [0.29, 0.717) is 16.7 Å². The van der Waals surface area contributed by atoms with Crippen LogP contribution < -0.4 is 10.7 Å². The fourth-order valence-electron chi connectivity index (χ4n) is 12.0. The normalized spacial score (nSPS) is 17.6. The third-order valence-electron chi connectivity index (χ3n) is 14.8. The molecular formula is C56H47N7. The van der Waals surface area contributed by atoms with Gasteiger partial charge in [0, 0.05) is 16.7 Å². The molecule has 0 unspecified atom stereocenters. The van der Waals surface area contributed by atoms with E-state index in [-0.39, 0.29) is 0 Å². The van der Waals surface area contributed by atoms with E-state index in [2.05, 4.69) is 69.6 Å². The van der Waals surface area contributed by atoms with Crippen molar-refractivity contribution in [1.29, 1.82) is 15.8 Å². The zero-order valence-electron chi connectivity index (χ0n) is 35.5. The number of benzene rings is 3. The predicted octanol–water partition coefficient (Wildman–Crippen LogP) is 9.86. The van der Waals surface area contributed by atoms with Crippen LogP contribution in [-0.4, -0.2) is 20.7 Å². The van der Waals surface area contributed by atoms with Crippen molar-refractivity contribution in [2.45, 2.75) is 103 Å². The molecule has 7 heteroatoms. The molecule has 6 aliphatic rings. The monoisotopic (exact) mass is 817 g/mol. The van der Waals surface area contributed by atoms with E-state index < -0.39 is 0 Å². The van der Waals surface area contributed by atoms with Gasteiger partial charge in [-0.25, -0.2) is 4.99 Å². The Morgan fingerprint density at radius 1 is 0.397 bits per heavy atom. The second kappa shape index (κ2) is 15.0. The van der Waals surface area contributed by atoms with Gasteiger partial charge in [0.15, 0.2) is 0 Å². The standard InChI is InChI=1S/C56H47N7/c57-29-32-12-9-15-35(26-32)46-49-38-18-1-3-20-40(38)51(60-49)47(36-16-10-13-33(27-36)30-58)53-42-22-5-7-24-44(42)55(62-53)56-45-25-8-6-23-43(45)54(63-56)48(37-17-11-14-34(28-37)31-59)52-41-21-4-2-19-39(41)50(46)61-52/h9-17,26-28,60-62H,1-8,18-25H2. The van der Waals surface area contributed by atoms with E-state index >= 15 is 0 Å². The minimum absolute atomic E-state index is 0.629. The molecule has 8 bridgehead atoms. The largest absolute Gasteiger partial charge is 0.354 e. The molecule has 0 saturated carbocycles. The van der Waals surface area contributed by atoms with Crippen molar-refractivity contribution in [3.05, 3.63) is 190 Å². The number of hydrogen-bond donors (Lipinski definition) is 3. The van der Waals surface area contributed by atoms with Gasteiger partial charge in [0.05, 0.1) is 79.8 Å². The van der Waals surface area contributed by atoms with Crippen LogP contribution in [0.15, 0.2) is 94.6 Å². The molecule has 5 aliphatic carbocycles. The molecule has 0 atom stereocenters. The average molecular weight is 818 g/mol. The number of aliphatic imine (C=N–C) groups is 1. The first-order valence-electron chi connectivity index (χ1n) is 23.2. The van der Waals surface area contributed by atoms with Crippen LogP contribution in [0.25, 0.3) is 16.7 Å². The summed E-state index contributed by atoms with van der Waals surface area (Å²) in [7, 11) is 0. The van der Waals surface area contributed by atoms with Crippen LogP contribution in [0.3, 0.4) is 0 Å². The van der Waals surface area contributed by atoms with Crippen LogP contribution in [0, 0.1) is 34.0 Å². The second-order valence-corrected chi connectivity index (χ2v) is 18.3. The molecule has 12 rings (SSSR count). The zero-order chi connectivity index (χ0) is 42.2. The zero-order valence-corrected chi connectivity index (χ0v) is 35.5. The Morgan fingerprint density at radius 2 is 0.778 bits per heavy atom. The topological polar surface area (TPSA) is 131 Å². The first kappa shape index (κ1) is 37.6. The van der Waals surface area contributed by atoms with Gasteiger partial charge in [0.1, 0.15) is 0 Å². The van der Waals surface area contributed by atoms with E-state index in [1.807, 2.05) is 36.4 Å². The van der Waals surface area contributed by atoms with Crippen LogP contribution in [0.2, 0.25) is 0 Å². The third kappa shape index (κ3) is 5.92. The maximum atomic E-state index is 10.3. The van der Waals surface area contributed by atoms with Crippen molar-refractivity contribution < 1.29 is 0 Å². The molecular weight excluding hydrogens is 771 g/mol. The first-order valence-corrected chi connectivity index (χ1v) is 23.2. The van der Waals surface area contributed by atoms with Gasteiger partial charge < -0.3 is 15.0 Å². The Bertz CT molecular complexity index is 3330. The van der Waals surface area contributed by atoms with Crippen molar-refractivity contribution in [1.82, 2.24) is 15.0 Å². The lowest BCUT2D eigenvalue weighted by Crippen LogP contribution is -2.21. The highest BCUT2D eigenvalue weighted by molar-refractivity contribution is 6.17. The Hall–Kier alpha value is -7.14. The van der Waals surface area contributed by atoms with E-state index in [0.717, 1.165) is 181 Å². The molecule has 4 heterocycles. The lowest BCUT2D eigenvalue weighted by molar-refractivity contribution is 0.684. The summed E-state index contributed by atoms with van der Waals surface area (Å²) in [6.45, 7) is 0. The molecule has 3 N–H and O–H groups in total. The van der Waals surface area contributed by atoms with E-state index in [1.165, 1.54) is 44.5 Å². The van der Waals surface area contributed by atoms with Crippen LogP contribution in [0.4, 0.5) is 0 Å². The van der Waals surface area contributed by atoms with Crippen molar-refractivity contribution >= 4 is 22.4 Å². The number of nitrogens with zero attached hydrogens (tertiary/aromatic N) is 4. The maximum absolute atomic E-state index is 10.3. The Balaban J connectivity index is 1.33. The molecule has 63 heavy (non-hydrogen) atoms. The number of fused-ring (bicyclic) bond motifs is 1. The number of nitrogens with one attached hydrogen (secondary N) is 3. The number of nitriles is 3. The summed E-state index contributed by atoms with van der Waals surface area (Å²) in [4.78, 5) is 18.5. The molecule has 0 amide bonds. The summed E-state index contributed by atoms with van der Waals surface area (Å²) >= 11 is 0. The molecule has 7 nitrogen and oxygen atoms in total. The highest BCUT2D eigenvalue weighted by Gasteiger charge is 2.37. The summed E-state index contributed by atoms with van der Waals surface area (Å²) < 4.78 is 0. The maximum Gasteiger partial charge on any atom is 0.0991 e. The van der Waals surface area contributed by atoms with Gasteiger partial charge >= 0.3 is 0 Å². The number of hydrogen-bond acceptors (Lipinski definition) is 4. The minimum atomic E-state index is 0.629. The highest BCUT2D eigenvalue weighted by atomic mass is 14.9. The first-order chi connectivity index (χ1) is 31.1. The van der Waals surface area contributed by atoms with E-state index in [1.54, 1.807) is 0 Å². The lowest BCUT2D eigenvalue weighted by Gasteiger charge is -2.20. The van der Waals surface area contributed by atoms with Crippen molar-refractivity contribution in [2.24, 2.45) is 4.99 Å². The third-order valence-corrected chi connectivity index (χ3v) is 14.8. The minimum Gasteiger partial charge on any atom is -0.354 e. The average Bonchev–Trinajstić information content (AvgIpc) is 4.12. The number of allylic oxidation sites excluding steroid dienone is 2. The molecule has 306 valence electrons. The smallest absolute Gasteiger partial charge is 0.0991 e. The predicted molar refractivity (Wildman–Crippen MR) is 246 cm³/mol. The molecule has 3 aromatic heterocycles. The van der Waals surface area contributed by atoms with Crippen molar-refractivity contribution in [2.75, 3.05) is 0 Å². The van der Waals surface area contributed by atoms with Crippen molar-refractivity contribution in [3.8, 4) is 18.2 Å². The van der Waals surface area contributed by atoms with Gasteiger partial charge in [-0.1, -0.05) is 36.4 Å². The van der Waals surface area contributed by atoms with Crippen LogP contribution in [-0.2, 0) is 38.5 Å². The highest BCUT2D eigenvalue weighted by Crippen LogP contribution is 2.47. The molecule has 0 radical (unpaired) electrons. The van der Waals surface area contributed by atoms with Crippen LogP contribution in [0.5, 0.6) is 0 Å². The number of aromatic nitrogens is 3. The lowest BCUT2D eigenvalue weighted by atomic mass is 9.83. The van der Waals surface area contributed by atoms with Gasteiger partial charge in [0.25, 0.3) is 0 Å². The van der Waals surface area contributed by atoms with Crippen LogP contribution in [0.1, 0.15) is 154 Å². The fraction of sp³-hybridized carbons (Fsp3) is 0.286. The molecule has 3 aromatic carbocycles. The summed E-state index contributed by atoms with van der Waals surface area (Å²) in [5.41, 5.74) is 25.6. The van der Waals surface area contributed by atoms with E-state index in [4.69, 9.17) is 4.99 Å².